The molecule has 1 aliphatic heterocycles. The van der Waals surface area contributed by atoms with Crippen LogP contribution in [0, 0.1) is 22.7 Å². The summed E-state index contributed by atoms with van der Waals surface area (Å²) in [5.74, 6) is 1.64. The quantitative estimate of drug-likeness (QED) is 0.544. The fourth-order valence-electron chi connectivity index (χ4n) is 6.93. The third kappa shape index (κ3) is 1.49. The second kappa shape index (κ2) is 4.30. The Hall–Kier alpha value is -1.22. The smallest absolute Gasteiger partial charge is 0.164 e. The van der Waals surface area contributed by atoms with Gasteiger partial charge in [-0.1, -0.05) is 31.1 Å². The van der Waals surface area contributed by atoms with Crippen LogP contribution in [0.1, 0.15) is 59.3 Å². The third-order valence-corrected chi connectivity index (χ3v) is 8.29. The van der Waals surface area contributed by atoms with Crippen molar-refractivity contribution in [2.24, 2.45) is 22.7 Å². The number of hydrogen-bond acceptors (Lipinski definition) is 3. The van der Waals surface area contributed by atoms with Gasteiger partial charge in [-0.2, -0.15) is 0 Å². The van der Waals surface area contributed by atoms with Crippen molar-refractivity contribution in [3.63, 3.8) is 0 Å². The first-order valence-electron chi connectivity index (χ1n) is 9.46. The van der Waals surface area contributed by atoms with Crippen LogP contribution in [-0.2, 0) is 14.3 Å². The van der Waals surface area contributed by atoms with Crippen LogP contribution in [0.3, 0.4) is 0 Å². The molecule has 0 aromatic rings. The minimum absolute atomic E-state index is 0.0419. The lowest BCUT2D eigenvalue weighted by Crippen LogP contribution is -2.50. The van der Waals surface area contributed by atoms with Crippen molar-refractivity contribution in [3.8, 4) is 0 Å². The molecule has 3 fully saturated rings. The molecule has 5 rings (SSSR count). The highest BCUT2D eigenvalue weighted by molar-refractivity contribution is 5.92. The molecule has 24 heavy (non-hydrogen) atoms. The van der Waals surface area contributed by atoms with Crippen LogP contribution < -0.4 is 0 Å². The van der Waals surface area contributed by atoms with Gasteiger partial charge in [0, 0.05) is 17.3 Å². The maximum atomic E-state index is 12.4. The van der Waals surface area contributed by atoms with Gasteiger partial charge >= 0.3 is 0 Å². The Morgan fingerprint density at radius 2 is 2.08 bits per heavy atom. The standard InChI is InChI=1S/C21H26O3/c1-12(22)21-18(24-21)11-17-15-5-4-13-10-14(23)6-8-19(13,2)16(15)7-9-20(17,21)3/h7,10,15,17-18H,4-6,8-9,11H2,1-3H3/t15-,17?,18+,19+,20+,21-/m1/s1. The van der Waals surface area contributed by atoms with Gasteiger partial charge in [0.05, 0.1) is 6.10 Å². The minimum Gasteiger partial charge on any atom is -0.357 e. The van der Waals surface area contributed by atoms with E-state index in [1.807, 2.05) is 6.08 Å². The Morgan fingerprint density at radius 1 is 1.29 bits per heavy atom. The largest absolute Gasteiger partial charge is 0.357 e. The zero-order chi connectivity index (χ0) is 16.9. The Morgan fingerprint density at radius 3 is 2.83 bits per heavy atom. The summed E-state index contributed by atoms with van der Waals surface area (Å²) in [4.78, 5) is 24.2. The van der Waals surface area contributed by atoms with Crippen molar-refractivity contribution in [3.05, 3.63) is 23.3 Å². The van der Waals surface area contributed by atoms with E-state index in [4.69, 9.17) is 4.74 Å². The Balaban J connectivity index is 1.58. The van der Waals surface area contributed by atoms with Crippen molar-refractivity contribution in [1.29, 1.82) is 0 Å². The summed E-state index contributed by atoms with van der Waals surface area (Å²) in [7, 11) is 0. The predicted octanol–water partition coefficient (Wildman–Crippen LogP) is 3.77. The molecule has 1 saturated heterocycles. The SMILES string of the molecule is CC(=O)[C@@]12O[C@H]1CC1[C@@H]3CCC4=CC(=O)CC[C@]4(C)C3=CC[C@@]12C. The number of ether oxygens (including phenoxy) is 1. The molecule has 0 N–H and O–H groups in total. The van der Waals surface area contributed by atoms with E-state index in [1.54, 1.807) is 12.5 Å². The molecule has 0 amide bonds. The van der Waals surface area contributed by atoms with Gasteiger partial charge in [-0.25, -0.2) is 0 Å². The molecule has 0 spiro atoms. The summed E-state index contributed by atoms with van der Waals surface area (Å²) in [6.07, 6.45) is 10.3. The monoisotopic (exact) mass is 326 g/mol. The molecule has 5 aliphatic rings. The molecule has 0 radical (unpaired) electrons. The minimum atomic E-state index is -0.501. The summed E-state index contributed by atoms with van der Waals surface area (Å²) in [5.41, 5.74) is 2.45. The van der Waals surface area contributed by atoms with Crippen molar-refractivity contribution >= 4 is 11.6 Å². The van der Waals surface area contributed by atoms with Gasteiger partial charge in [0.1, 0.15) is 0 Å². The molecule has 3 heteroatoms. The average molecular weight is 326 g/mol. The Kier molecular flexibility index (Phi) is 2.70. The number of Topliss-reactive ketones (excluding diaryl/α,β-unsaturated/α-hetero) is 1. The van der Waals surface area contributed by atoms with Crippen molar-refractivity contribution < 1.29 is 14.3 Å². The lowest BCUT2D eigenvalue weighted by atomic mass is 9.50. The highest BCUT2D eigenvalue weighted by Crippen LogP contribution is 2.72. The van der Waals surface area contributed by atoms with Crippen LogP contribution in [0.5, 0.6) is 0 Å². The molecule has 6 atom stereocenters. The summed E-state index contributed by atoms with van der Waals surface area (Å²) in [6.45, 7) is 6.35. The van der Waals surface area contributed by atoms with E-state index >= 15 is 0 Å². The number of fused-ring (bicyclic) bond motifs is 7. The van der Waals surface area contributed by atoms with Crippen LogP contribution >= 0.6 is 0 Å². The molecule has 4 aliphatic carbocycles. The van der Waals surface area contributed by atoms with Gasteiger partial charge in [-0.3, -0.25) is 9.59 Å². The van der Waals surface area contributed by atoms with Crippen LogP contribution in [0.2, 0.25) is 0 Å². The van der Waals surface area contributed by atoms with Crippen LogP contribution in [0.4, 0.5) is 0 Å². The third-order valence-electron chi connectivity index (χ3n) is 8.29. The molecule has 0 aromatic carbocycles. The molecule has 0 aromatic heterocycles. The number of ketones is 2. The van der Waals surface area contributed by atoms with Gasteiger partial charge in [-0.15, -0.1) is 0 Å². The Bertz CT molecular complexity index is 731. The zero-order valence-corrected chi connectivity index (χ0v) is 14.9. The lowest BCUT2D eigenvalue weighted by Gasteiger charge is -2.53. The van der Waals surface area contributed by atoms with Crippen molar-refractivity contribution in [1.82, 2.24) is 0 Å². The zero-order valence-electron chi connectivity index (χ0n) is 14.9. The fraction of sp³-hybridized carbons (Fsp3) is 0.714. The van der Waals surface area contributed by atoms with Gasteiger partial charge < -0.3 is 4.74 Å². The van der Waals surface area contributed by atoms with Gasteiger partial charge in [-0.05, 0) is 56.9 Å². The Labute approximate surface area is 143 Å². The molecular weight excluding hydrogens is 300 g/mol. The number of hydrogen-bond donors (Lipinski definition) is 0. The number of carbonyl (C=O) groups excluding carboxylic acids is 2. The number of epoxide rings is 1. The highest BCUT2D eigenvalue weighted by atomic mass is 16.6. The van der Waals surface area contributed by atoms with E-state index < -0.39 is 5.60 Å². The van der Waals surface area contributed by atoms with Crippen LogP contribution in [0.15, 0.2) is 23.3 Å². The molecule has 1 heterocycles. The van der Waals surface area contributed by atoms with Crippen LogP contribution in [-0.4, -0.2) is 23.3 Å². The maximum Gasteiger partial charge on any atom is 0.164 e. The summed E-state index contributed by atoms with van der Waals surface area (Å²) >= 11 is 0. The second-order valence-corrected chi connectivity index (χ2v) is 9.13. The molecule has 128 valence electrons. The molecule has 1 unspecified atom stereocenters. The first kappa shape index (κ1) is 15.1. The summed E-state index contributed by atoms with van der Waals surface area (Å²) < 4.78 is 5.97. The first-order valence-corrected chi connectivity index (χ1v) is 9.46. The van der Waals surface area contributed by atoms with Gasteiger partial charge in [0.15, 0.2) is 17.2 Å². The summed E-state index contributed by atoms with van der Waals surface area (Å²) in [6, 6.07) is 0. The van der Waals surface area contributed by atoms with E-state index in [-0.39, 0.29) is 22.7 Å². The van der Waals surface area contributed by atoms with E-state index in [1.165, 1.54) is 5.57 Å². The number of allylic oxidation sites excluding steroid dienone is 4. The topological polar surface area (TPSA) is 46.7 Å². The average Bonchev–Trinajstić information content (AvgIpc) is 3.21. The van der Waals surface area contributed by atoms with Gasteiger partial charge in [0.2, 0.25) is 0 Å². The summed E-state index contributed by atoms with van der Waals surface area (Å²) in [5, 5.41) is 0. The maximum absolute atomic E-state index is 12.4. The van der Waals surface area contributed by atoms with Crippen LogP contribution in [0.25, 0.3) is 0 Å². The van der Waals surface area contributed by atoms with E-state index in [9.17, 15) is 9.59 Å². The van der Waals surface area contributed by atoms with E-state index in [2.05, 4.69) is 19.9 Å². The van der Waals surface area contributed by atoms with E-state index in [0.717, 1.165) is 32.1 Å². The lowest BCUT2D eigenvalue weighted by molar-refractivity contribution is -0.129. The normalized spacial score (nSPS) is 51.6. The number of rotatable bonds is 1. The predicted molar refractivity (Wildman–Crippen MR) is 90.4 cm³/mol. The van der Waals surface area contributed by atoms with Gasteiger partial charge in [0.25, 0.3) is 0 Å². The molecule has 0 bridgehead atoms. The molecular formula is C21H26O3. The molecule has 3 nitrogen and oxygen atoms in total. The molecule has 2 saturated carbocycles. The first-order chi connectivity index (χ1) is 11.3. The number of carbonyl (C=O) groups is 2. The van der Waals surface area contributed by atoms with E-state index in [0.29, 0.717) is 24.0 Å². The highest BCUT2D eigenvalue weighted by Gasteiger charge is 2.78. The fourth-order valence-corrected chi connectivity index (χ4v) is 6.93. The second-order valence-electron chi connectivity index (χ2n) is 9.13. The van der Waals surface area contributed by atoms with Crippen molar-refractivity contribution in [2.75, 3.05) is 0 Å². The van der Waals surface area contributed by atoms with Crippen molar-refractivity contribution in [2.45, 2.75) is 71.0 Å².